The maximum atomic E-state index is 12.1. The molecule has 0 aliphatic carbocycles. The summed E-state index contributed by atoms with van der Waals surface area (Å²) in [6.45, 7) is 2.30. The Balaban J connectivity index is 0.00000242. The molecule has 0 saturated heterocycles. The van der Waals surface area contributed by atoms with Crippen molar-refractivity contribution >= 4 is 18.4 Å². The number of halogens is 1. The van der Waals surface area contributed by atoms with Gasteiger partial charge in [0.15, 0.2) is 0 Å². The molecule has 22 heavy (non-hydrogen) atoms. The van der Waals surface area contributed by atoms with E-state index < -0.39 is 12.1 Å². The van der Waals surface area contributed by atoms with Crippen molar-refractivity contribution < 1.29 is 14.6 Å². The molecule has 0 aliphatic rings. The Bertz CT molecular complexity index is 631. The SMILES string of the molecule is CNCC(O)c1cccc(OC(=O)c2ccccc2C)c1.Cl. The standard InChI is InChI=1S/C17H19NO3.ClH/c1-12-6-3-4-9-15(12)17(20)21-14-8-5-7-13(10-14)16(19)11-18-2;/h3-10,16,18-19H,11H2,1-2H3;1H. The third-order valence-corrected chi connectivity index (χ3v) is 3.22. The molecule has 0 fully saturated rings. The molecule has 5 heteroatoms. The molecule has 0 bridgehead atoms. The van der Waals surface area contributed by atoms with E-state index in [1.165, 1.54) is 0 Å². The molecule has 2 N–H and O–H groups in total. The van der Waals surface area contributed by atoms with Crippen molar-refractivity contribution in [2.24, 2.45) is 0 Å². The topological polar surface area (TPSA) is 58.6 Å². The molecule has 0 amide bonds. The average molecular weight is 322 g/mol. The Labute approximate surface area is 136 Å². The van der Waals surface area contributed by atoms with E-state index in [2.05, 4.69) is 5.32 Å². The van der Waals surface area contributed by atoms with Gasteiger partial charge in [0.2, 0.25) is 0 Å². The lowest BCUT2D eigenvalue weighted by molar-refractivity contribution is 0.0733. The number of ether oxygens (including phenoxy) is 1. The maximum absolute atomic E-state index is 12.1. The highest BCUT2D eigenvalue weighted by Gasteiger charge is 2.12. The molecular weight excluding hydrogens is 302 g/mol. The van der Waals surface area contributed by atoms with Crippen molar-refractivity contribution in [3.8, 4) is 5.75 Å². The highest BCUT2D eigenvalue weighted by atomic mass is 35.5. The molecule has 2 aromatic carbocycles. The zero-order valence-corrected chi connectivity index (χ0v) is 13.4. The van der Waals surface area contributed by atoms with E-state index in [0.29, 0.717) is 23.4 Å². The largest absolute Gasteiger partial charge is 0.423 e. The third-order valence-electron chi connectivity index (χ3n) is 3.22. The number of hydrogen-bond acceptors (Lipinski definition) is 4. The number of esters is 1. The summed E-state index contributed by atoms with van der Waals surface area (Å²) in [5, 5.41) is 12.8. The second kappa shape index (κ2) is 8.54. The van der Waals surface area contributed by atoms with Gasteiger partial charge in [0.05, 0.1) is 11.7 Å². The van der Waals surface area contributed by atoms with Crippen LogP contribution < -0.4 is 10.1 Å². The van der Waals surface area contributed by atoms with E-state index in [4.69, 9.17) is 4.74 Å². The molecule has 0 aromatic heterocycles. The highest BCUT2D eigenvalue weighted by Crippen LogP contribution is 2.20. The Kier molecular flexibility index (Phi) is 7.05. The number of carbonyl (C=O) groups is 1. The van der Waals surface area contributed by atoms with Crippen LogP contribution in [0.2, 0.25) is 0 Å². The van der Waals surface area contributed by atoms with Gasteiger partial charge in [-0.25, -0.2) is 4.79 Å². The van der Waals surface area contributed by atoms with E-state index in [0.717, 1.165) is 5.56 Å². The zero-order valence-electron chi connectivity index (χ0n) is 12.6. The lowest BCUT2D eigenvalue weighted by atomic mass is 10.1. The summed E-state index contributed by atoms with van der Waals surface area (Å²) >= 11 is 0. The van der Waals surface area contributed by atoms with E-state index >= 15 is 0 Å². The predicted molar refractivity (Wildman–Crippen MR) is 88.7 cm³/mol. The summed E-state index contributed by atoms with van der Waals surface area (Å²) in [6.07, 6.45) is -0.632. The molecule has 2 rings (SSSR count). The molecule has 0 spiro atoms. The number of aliphatic hydroxyl groups is 1. The van der Waals surface area contributed by atoms with Gasteiger partial charge in [-0.15, -0.1) is 12.4 Å². The predicted octanol–water partition coefficient (Wildman–Crippen LogP) is 2.89. The summed E-state index contributed by atoms with van der Waals surface area (Å²) in [6, 6.07) is 14.2. The second-order valence-electron chi connectivity index (χ2n) is 4.85. The van der Waals surface area contributed by atoms with E-state index in [-0.39, 0.29) is 12.4 Å². The number of rotatable bonds is 5. The molecule has 0 aliphatic heterocycles. The molecule has 118 valence electrons. The van der Waals surface area contributed by atoms with Crippen LogP contribution in [-0.4, -0.2) is 24.7 Å². The molecule has 0 heterocycles. The fourth-order valence-electron chi connectivity index (χ4n) is 2.06. The summed E-state index contributed by atoms with van der Waals surface area (Å²) in [4.78, 5) is 12.1. The van der Waals surface area contributed by atoms with Crippen LogP contribution in [-0.2, 0) is 0 Å². The van der Waals surface area contributed by atoms with Crippen LogP contribution in [0.25, 0.3) is 0 Å². The van der Waals surface area contributed by atoms with E-state index in [1.54, 1.807) is 43.4 Å². The Morgan fingerprint density at radius 1 is 1.23 bits per heavy atom. The number of likely N-dealkylation sites (N-methyl/N-ethyl adjacent to an activating group) is 1. The minimum atomic E-state index is -0.632. The molecule has 0 saturated carbocycles. The molecule has 0 radical (unpaired) electrons. The molecule has 1 atom stereocenters. The number of carbonyl (C=O) groups excluding carboxylic acids is 1. The lowest BCUT2D eigenvalue weighted by Crippen LogP contribution is -2.17. The third kappa shape index (κ3) is 4.56. The first-order valence-electron chi connectivity index (χ1n) is 6.82. The lowest BCUT2D eigenvalue weighted by Gasteiger charge is -2.12. The van der Waals surface area contributed by atoms with Crippen LogP contribution in [0.5, 0.6) is 5.75 Å². The van der Waals surface area contributed by atoms with Crippen LogP contribution in [0.15, 0.2) is 48.5 Å². The quantitative estimate of drug-likeness (QED) is 0.656. The Morgan fingerprint density at radius 3 is 2.64 bits per heavy atom. The van der Waals surface area contributed by atoms with Crippen LogP contribution in [0.3, 0.4) is 0 Å². The summed E-state index contributed by atoms with van der Waals surface area (Å²) in [5.41, 5.74) is 2.12. The number of hydrogen-bond donors (Lipinski definition) is 2. The number of benzene rings is 2. The Hall–Kier alpha value is -1.88. The van der Waals surface area contributed by atoms with Crippen LogP contribution in [0.4, 0.5) is 0 Å². The molecular formula is C17H20ClNO3. The van der Waals surface area contributed by atoms with Crippen LogP contribution in [0, 0.1) is 6.92 Å². The summed E-state index contributed by atoms with van der Waals surface area (Å²) in [7, 11) is 1.77. The van der Waals surface area contributed by atoms with Crippen molar-refractivity contribution in [2.75, 3.05) is 13.6 Å². The fraction of sp³-hybridized carbons (Fsp3) is 0.235. The van der Waals surface area contributed by atoms with Gasteiger partial charge in [0.1, 0.15) is 5.75 Å². The van der Waals surface area contributed by atoms with Gasteiger partial charge in [-0.2, -0.15) is 0 Å². The number of nitrogens with one attached hydrogen (secondary N) is 1. The van der Waals surface area contributed by atoms with Gasteiger partial charge in [-0.1, -0.05) is 30.3 Å². The van der Waals surface area contributed by atoms with Crippen LogP contribution in [0.1, 0.15) is 27.6 Å². The molecule has 1 unspecified atom stereocenters. The van der Waals surface area contributed by atoms with Crippen molar-refractivity contribution in [2.45, 2.75) is 13.0 Å². The highest BCUT2D eigenvalue weighted by molar-refractivity contribution is 5.92. The fourth-order valence-corrected chi connectivity index (χ4v) is 2.06. The normalized spacial score (nSPS) is 11.4. The average Bonchev–Trinajstić information content (AvgIpc) is 2.48. The second-order valence-corrected chi connectivity index (χ2v) is 4.85. The minimum absolute atomic E-state index is 0. The van der Waals surface area contributed by atoms with Crippen molar-refractivity contribution in [1.29, 1.82) is 0 Å². The summed E-state index contributed by atoms with van der Waals surface area (Å²) < 4.78 is 5.38. The van der Waals surface area contributed by atoms with Crippen LogP contribution >= 0.6 is 12.4 Å². The maximum Gasteiger partial charge on any atom is 0.343 e. The molecule has 4 nitrogen and oxygen atoms in total. The zero-order chi connectivity index (χ0) is 15.2. The van der Waals surface area contributed by atoms with Gasteiger partial charge >= 0.3 is 5.97 Å². The van der Waals surface area contributed by atoms with Gasteiger partial charge in [-0.05, 0) is 43.3 Å². The monoisotopic (exact) mass is 321 g/mol. The number of aliphatic hydroxyl groups excluding tert-OH is 1. The van der Waals surface area contributed by atoms with Gasteiger partial charge in [-0.3, -0.25) is 0 Å². The smallest absolute Gasteiger partial charge is 0.343 e. The molecule has 2 aromatic rings. The minimum Gasteiger partial charge on any atom is -0.423 e. The van der Waals surface area contributed by atoms with E-state index in [9.17, 15) is 9.90 Å². The number of aryl methyl sites for hydroxylation is 1. The van der Waals surface area contributed by atoms with Crippen molar-refractivity contribution in [1.82, 2.24) is 5.32 Å². The van der Waals surface area contributed by atoms with Crippen molar-refractivity contribution in [3.63, 3.8) is 0 Å². The van der Waals surface area contributed by atoms with Gasteiger partial charge in [0, 0.05) is 6.54 Å². The van der Waals surface area contributed by atoms with Gasteiger partial charge < -0.3 is 15.2 Å². The summed E-state index contributed by atoms with van der Waals surface area (Å²) in [5.74, 6) is 0.0317. The first kappa shape index (κ1) is 18.2. The first-order valence-corrected chi connectivity index (χ1v) is 6.82. The van der Waals surface area contributed by atoms with E-state index in [1.807, 2.05) is 19.1 Å². The van der Waals surface area contributed by atoms with Crippen molar-refractivity contribution in [3.05, 3.63) is 65.2 Å². The van der Waals surface area contributed by atoms with Gasteiger partial charge in [0.25, 0.3) is 0 Å². The Morgan fingerprint density at radius 2 is 1.95 bits per heavy atom. The first-order chi connectivity index (χ1) is 10.1.